The van der Waals surface area contributed by atoms with Gasteiger partial charge in [0, 0.05) is 26.2 Å². The third-order valence-corrected chi connectivity index (χ3v) is 7.53. The molecule has 2 aromatic rings. The van der Waals surface area contributed by atoms with Crippen LogP contribution in [0.5, 0.6) is 11.5 Å². The molecule has 9 heteroatoms. The molecule has 1 saturated heterocycles. The summed E-state index contributed by atoms with van der Waals surface area (Å²) >= 11 is 0. The average molecular weight is 488 g/mol. The lowest BCUT2D eigenvalue weighted by Crippen LogP contribution is -2.56. The minimum absolute atomic E-state index is 0.0367. The lowest BCUT2D eigenvalue weighted by Gasteiger charge is -2.40. The Morgan fingerprint density at radius 1 is 1.03 bits per heavy atom. The molecule has 0 radical (unpaired) electrons. The van der Waals surface area contributed by atoms with Gasteiger partial charge in [0.2, 0.25) is 10.0 Å². The zero-order valence-electron chi connectivity index (χ0n) is 20.4. The van der Waals surface area contributed by atoms with Crippen LogP contribution in [0.4, 0.5) is 11.4 Å². The summed E-state index contributed by atoms with van der Waals surface area (Å²) in [5, 5.41) is 0. The molecule has 2 aromatic carbocycles. The predicted octanol–water partition coefficient (Wildman–Crippen LogP) is 2.87. The molecule has 1 unspecified atom stereocenters. The normalized spacial score (nSPS) is 18.9. The molecule has 0 saturated carbocycles. The molecule has 0 aliphatic carbocycles. The zero-order valence-corrected chi connectivity index (χ0v) is 21.3. The van der Waals surface area contributed by atoms with E-state index in [1.54, 1.807) is 18.1 Å². The maximum atomic E-state index is 13.4. The Balaban J connectivity index is 1.51. The molecule has 0 spiro atoms. The third-order valence-electron chi connectivity index (χ3n) is 6.39. The average Bonchev–Trinajstić information content (AvgIpc) is 2.81. The van der Waals surface area contributed by atoms with Crippen LogP contribution in [0.25, 0.3) is 0 Å². The summed E-state index contributed by atoms with van der Waals surface area (Å²) in [5.41, 5.74) is 2.34. The fraction of sp³-hybridized carbons (Fsp3) is 0.480. The zero-order chi connectivity index (χ0) is 24.7. The molecule has 1 amide bonds. The summed E-state index contributed by atoms with van der Waals surface area (Å²) in [6.45, 7) is 8.52. The first-order valence-electron chi connectivity index (χ1n) is 11.4. The van der Waals surface area contributed by atoms with Crippen molar-refractivity contribution in [2.45, 2.75) is 32.3 Å². The standard InChI is InChI=1S/C25H33N3O5S/c1-25(2,3)18-10-11-22-20(16-18)28(34(5,30)31)17-23(33-22)24(29)27-14-12-26(13-15-27)19-8-6-7-9-21(19)32-4/h6-11,16,23H,12-15,17H2,1-5H3. The second kappa shape index (κ2) is 9.02. The van der Waals surface area contributed by atoms with Gasteiger partial charge in [-0.2, -0.15) is 0 Å². The molecule has 4 rings (SSSR count). The minimum atomic E-state index is -3.59. The summed E-state index contributed by atoms with van der Waals surface area (Å²) in [7, 11) is -1.94. The van der Waals surface area contributed by atoms with Gasteiger partial charge in [-0.3, -0.25) is 9.10 Å². The maximum Gasteiger partial charge on any atom is 0.265 e. The van der Waals surface area contributed by atoms with Gasteiger partial charge in [-0.05, 0) is 35.2 Å². The summed E-state index contributed by atoms with van der Waals surface area (Å²) < 4.78 is 38.1. The number of hydrogen-bond donors (Lipinski definition) is 0. The molecule has 2 heterocycles. The Bertz CT molecular complexity index is 1170. The molecule has 0 bridgehead atoms. The largest absolute Gasteiger partial charge is 0.495 e. The first-order valence-corrected chi connectivity index (χ1v) is 13.3. The SMILES string of the molecule is COc1ccccc1N1CCN(C(=O)C2CN(S(C)(=O)=O)c3cc(C(C)(C)C)ccc3O2)CC1. The van der Waals surface area contributed by atoms with Crippen molar-refractivity contribution in [3.05, 3.63) is 48.0 Å². The number of carbonyl (C=O) groups is 1. The van der Waals surface area contributed by atoms with Crippen LogP contribution in [-0.4, -0.2) is 71.4 Å². The summed E-state index contributed by atoms with van der Waals surface area (Å²) in [5.74, 6) is 1.02. The Morgan fingerprint density at radius 2 is 1.71 bits per heavy atom. The number of amides is 1. The van der Waals surface area contributed by atoms with E-state index in [1.807, 2.05) is 36.4 Å². The fourth-order valence-corrected chi connectivity index (χ4v) is 5.33. The highest BCUT2D eigenvalue weighted by Crippen LogP contribution is 2.39. The Labute approximate surface area is 202 Å². The number of nitrogens with zero attached hydrogens (tertiary/aromatic N) is 3. The maximum absolute atomic E-state index is 13.4. The van der Waals surface area contributed by atoms with Crippen molar-refractivity contribution in [2.24, 2.45) is 0 Å². The fourth-order valence-electron chi connectivity index (χ4n) is 4.42. The first kappa shape index (κ1) is 24.2. The van der Waals surface area contributed by atoms with Gasteiger partial charge in [0.25, 0.3) is 5.91 Å². The lowest BCUT2D eigenvalue weighted by atomic mass is 9.86. The summed E-state index contributed by atoms with van der Waals surface area (Å²) in [6, 6.07) is 13.4. The van der Waals surface area contributed by atoms with E-state index in [9.17, 15) is 13.2 Å². The van der Waals surface area contributed by atoms with Crippen molar-refractivity contribution < 1.29 is 22.7 Å². The summed E-state index contributed by atoms with van der Waals surface area (Å²) in [4.78, 5) is 17.3. The van der Waals surface area contributed by atoms with Crippen molar-refractivity contribution in [1.82, 2.24) is 4.90 Å². The minimum Gasteiger partial charge on any atom is -0.495 e. The van der Waals surface area contributed by atoms with Gasteiger partial charge in [0.1, 0.15) is 11.5 Å². The van der Waals surface area contributed by atoms with Crippen LogP contribution in [0.1, 0.15) is 26.3 Å². The summed E-state index contributed by atoms with van der Waals surface area (Å²) in [6.07, 6.45) is 0.278. The van der Waals surface area contributed by atoms with Gasteiger partial charge in [0.15, 0.2) is 6.10 Å². The van der Waals surface area contributed by atoms with Gasteiger partial charge in [-0.15, -0.1) is 0 Å². The number of anilines is 2. The monoisotopic (exact) mass is 487 g/mol. The predicted molar refractivity (Wildman–Crippen MR) is 134 cm³/mol. The van der Waals surface area contributed by atoms with Crippen LogP contribution in [-0.2, 0) is 20.2 Å². The lowest BCUT2D eigenvalue weighted by molar-refractivity contribution is -0.138. The molecule has 1 atom stereocenters. The molecule has 2 aliphatic rings. The highest BCUT2D eigenvalue weighted by molar-refractivity contribution is 7.92. The van der Waals surface area contributed by atoms with Gasteiger partial charge in [-0.1, -0.05) is 39.0 Å². The van der Waals surface area contributed by atoms with E-state index in [-0.39, 0.29) is 17.9 Å². The molecule has 34 heavy (non-hydrogen) atoms. The van der Waals surface area contributed by atoms with Crippen LogP contribution in [0.2, 0.25) is 0 Å². The number of ether oxygens (including phenoxy) is 2. The van der Waals surface area contributed by atoms with Crippen molar-refractivity contribution in [2.75, 3.05) is 55.3 Å². The third kappa shape index (κ3) is 4.80. The molecule has 0 aromatic heterocycles. The van der Waals surface area contributed by atoms with Crippen LogP contribution < -0.4 is 18.7 Å². The van der Waals surface area contributed by atoms with E-state index in [0.717, 1.165) is 17.0 Å². The van der Waals surface area contributed by atoms with Crippen molar-refractivity contribution in [3.8, 4) is 11.5 Å². The number of carbonyl (C=O) groups excluding carboxylic acids is 1. The Hall–Kier alpha value is -2.94. The van der Waals surface area contributed by atoms with E-state index < -0.39 is 16.1 Å². The van der Waals surface area contributed by atoms with Crippen molar-refractivity contribution in [1.29, 1.82) is 0 Å². The van der Waals surface area contributed by atoms with Gasteiger partial charge >= 0.3 is 0 Å². The van der Waals surface area contributed by atoms with Gasteiger partial charge < -0.3 is 19.3 Å². The van der Waals surface area contributed by atoms with E-state index in [1.165, 1.54) is 10.6 Å². The first-order chi connectivity index (χ1) is 16.0. The number of benzene rings is 2. The number of methoxy groups -OCH3 is 1. The second-order valence-electron chi connectivity index (χ2n) is 9.82. The van der Waals surface area contributed by atoms with E-state index in [4.69, 9.17) is 9.47 Å². The molecule has 8 nitrogen and oxygen atoms in total. The smallest absolute Gasteiger partial charge is 0.265 e. The van der Waals surface area contributed by atoms with Crippen molar-refractivity contribution in [3.63, 3.8) is 0 Å². The van der Waals surface area contributed by atoms with Gasteiger partial charge in [0.05, 0.1) is 31.3 Å². The van der Waals surface area contributed by atoms with Crippen molar-refractivity contribution >= 4 is 27.3 Å². The van der Waals surface area contributed by atoms with Crippen LogP contribution >= 0.6 is 0 Å². The number of sulfonamides is 1. The quantitative estimate of drug-likeness (QED) is 0.660. The number of rotatable bonds is 4. The Kier molecular flexibility index (Phi) is 6.42. The molecular formula is C25H33N3O5S. The number of hydrogen-bond acceptors (Lipinski definition) is 6. The molecule has 0 N–H and O–H groups in total. The van der Waals surface area contributed by atoms with E-state index in [0.29, 0.717) is 37.6 Å². The van der Waals surface area contributed by atoms with Crippen LogP contribution in [0, 0.1) is 0 Å². The molecule has 1 fully saturated rings. The number of piperazine rings is 1. The van der Waals surface area contributed by atoms with Crippen LogP contribution in [0.15, 0.2) is 42.5 Å². The Morgan fingerprint density at radius 3 is 2.32 bits per heavy atom. The molecule has 2 aliphatic heterocycles. The van der Waals surface area contributed by atoms with Gasteiger partial charge in [-0.25, -0.2) is 8.42 Å². The van der Waals surface area contributed by atoms with E-state index >= 15 is 0 Å². The van der Waals surface area contributed by atoms with E-state index in [2.05, 4.69) is 25.7 Å². The highest BCUT2D eigenvalue weighted by atomic mass is 32.2. The highest BCUT2D eigenvalue weighted by Gasteiger charge is 2.38. The second-order valence-corrected chi connectivity index (χ2v) is 11.7. The number of para-hydroxylation sites is 2. The molecular weight excluding hydrogens is 454 g/mol. The van der Waals surface area contributed by atoms with Crippen LogP contribution in [0.3, 0.4) is 0 Å². The molecule has 184 valence electrons. The number of fused-ring (bicyclic) bond motifs is 1. The topological polar surface area (TPSA) is 79.4 Å².